The highest BCUT2D eigenvalue weighted by Gasteiger charge is 2.38. The summed E-state index contributed by atoms with van der Waals surface area (Å²) in [6.07, 6.45) is 1.79. The third-order valence-electron chi connectivity index (χ3n) is 6.73. The predicted octanol–water partition coefficient (Wildman–Crippen LogP) is 3.31. The van der Waals surface area contributed by atoms with Crippen molar-refractivity contribution in [3.05, 3.63) is 62.3 Å². The van der Waals surface area contributed by atoms with E-state index >= 15 is 0 Å². The molecule has 3 aromatic heterocycles. The molecule has 3 atom stereocenters. The van der Waals surface area contributed by atoms with Crippen molar-refractivity contribution in [2.45, 2.75) is 26.8 Å². The highest BCUT2D eigenvalue weighted by Crippen LogP contribution is 2.33. The van der Waals surface area contributed by atoms with Crippen molar-refractivity contribution in [2.24, 2.45) is 11.8 Å². The highest BCUT2D eigenvalue weighted by atomic mass is 35.5. The van der Waals surface area contributed by atoms with Crippen LogP contribution >= 0.6 is 11.6 Å². The Bertz CT molecular complexity index is 1350. The van der Waals surface area contributed by atoms with E-state index in [0.29, 0.717) is 34.6 Å². The number of halogens is 1. The van der Waals surface area contributed by atoms with Gasteiger partial charge in [-0.25, -0.2) is 14.8 Å². The smallest absolute Gasteiger partial charge is 0.356 e. The molecular weight excluding hydrogens is 458 g/mol. The van der Waals surface area contributed by atoms with Crippen LogP contribution < -0.4 is 15.8 Å². The van der Waals surface area contributed by atoms with Gasteiger partial charge in [-0.1, -0.05) is 11.6 Å². The van der Waals surface area contributed by atoms with E-state index in [1.807, 2.05) is 26.8 Å². The van der Waals surface area contributed by atoms with Gasteiger partial charge in [0, 0.05) is 36.7 Å². The van der Waals surface area contributed by atoms with Crippen molar-refractivity contribution in [1.82, 2.24) is 14.4 Å². The Morgan fingerprint density at radius 1 is 1.24 bits per heavy atom. The van der Waals surface area contributed by atoms with Crippen LogP contribution in [-0.4, -0.2) is 51.7 Å². The van der Waals surface area contributed by atoms with Gasteiger partial charge in [-0.05, 0) is 44.5 Å². The van der Waals surface area contributed by atoms with Crippen LogP contribution in [0.4, 0.5) is 11.5 Å². The summed E-state index contributed by atoms with van der Waals surface area (Å²) in [5.74, 6) is 0.451. The Kier molecular flexibility index (Phi) is 5.69. The number of carboxylic acids is 1. The number of aromatic carboxylic acids is 1. The van der Waals surface area contributed by atoms with Crippen molar-refractivity contribution in [1.29, 1.82) is 0 Å². The van der Waals surface area contributed by atoms with E-state index < -0.39 is 5.97 Å². The minimum atomic E-state index is -1.18. The molecule has 2 fully saturated rings. The summed E-state index contributed by atoms with van der Waals surface area (Å²) in [4.78, 5) is 36.2. The zero-order chi connectivity index (χ0) is 24.1. The molecule has 2 aliphatic heterocycles. The number of anilines is 2. The summed E-state index contributed by atoms with van der Waals surface area (Å²) in [6.45, 7) is 8.78. The Hall–Kier alpha value is -3.17. The summed E-state index contributed by atoms with van der Waals surface area (Å²) in [5.41, 5.74) is 2.91. The van der Waals surface area contributed by atoms with Crippen LogP contribution in [0, 0.1) is 25.7 Å². The maximum absolute atomic E-state index is 13.4. The molecule has 0 spiro atoms. The summed E-state index contributed by atoms with van der Waals surface area (Å²) >= 11 is 5.90. The molecule has 5 rings (SSSR count). The topological polar surface area (TPSA) is 109 Å². The number of carboxylic acid groups (broad SMARTS) is 1. The van der Waals surface area contributed by atoms with E-state index in [0.717, 1.165) is 37.4 Å². The molecule has 5 heterocycles. The van der Waals surface area contributed by atoms with Crippen molar-refractivity contribution in [3.63, 3.8) is 0 Å². The second-order valence-corrected chi connectivity index (χ2v) is 9.58. The number of carbonyl (C=O) groups is 1. The van der Waals surface area contributed by atoms with E-state index in [1.54, 1.807) is 16.7 Å². The Morgan fingerprint density at radius 3 is 2.62 bits per heavy atom. The number of hydrogen-bond donors (Lipinski definition) is 2. The lowest BCUT2D eigenvalue weighted by atomic mass is 10.0. The number of nitrogens with one attached hydrogen (secondary N) is 1. The molecule has 10 heteroatoms. The van der Waals surface area contributed by atoms with Gasteiger partial charge in [-0.2, -0.15) is 0 Å². The van der Waals surface area contributed by atoms with Gasteiger partial charge < -0.3 is 20.1 Å². The van der Waals surface area contributed by atoms with Crippen molar-refractivity contribution >= 4 is 34.7 Å². The minimum Gasteiger partial charge on any atom is -0.476 e. The number of ether oxygens (including phenoxy) is 1. The summed E-state index contributed by atoms with van der Waals surface area (Å²) < 4.78 is 7.18. The van der Waals surface area contributed by atoms with E-state index in [9.17, 15) is 14.7 Å². The number of rotatable bonds is 5. The number of fused-ring (bicyclic) bond motifs is 2. The molecule has 0 aromatic carbocycles. The summed E-state index contributed by atoms with van der Waals surface area (Å²) in [6, 6.07) is 4.74. The van der Waals surface area contributed by atoms with Gasteiger partial charge in [-0.15, -0.1) is 0 Å². The van der Waals surface area contributed by atoms with Crippen LogP contribution in [0.15, 0.2) is 29.2 Å². The minimum absolute atomic E-state index is 0.103. The van der Waals surface area contributed by atoms with Crippen LogP contribution in [0.5, 0.6) is 0 Å². The van der Waals surface area contributed by atoms with Crippen LogP contribution in [0.3, 0.4) is 0 Å². The first-order valence-electron chi connectivity index (χ1n) is 11.3. The SMILES string of the molecule is Cc1cc([C@@H](C)Nc2ccc(Cl)nc2C(=O)O)c2nc(N3CC4COC[C@@H]4C3)c(C)c(=O)n2c1. The quantitative estimate of drug-likeness (QED) is 0.532. The normalized spacial score (nSPS) is 20.5. The average molecular weight is 484 g/mol. The van der Waals surface area contributed by atoms with Crippen molar-refractivity contribution in [3.8, 4) is 0 Å². The summed E-state index contributed by atoms with van der Waals surface area (Å²) in [5, 5.41) is 12.9. The number of pyridine rings is 2. The van der Waals surface area contributed by atoms with Gasteiger partial charge in [0.25, 0.3) is 5.56 Å². The third-order valence-corrected chi connectivity index (χ3v) is 6.94. The first kappa shape index (κ1) is 22.6. The van der Waals surface area contributed by atoms with Gasteiger partial charge >= 0.3 is 5.97 Å². The van der Waals surface area contributed by atoms with E-state index in [1.165, 1.54) is 6.07 Å². The molecule has 0 aliphatic carbocycles. The second-order valence-electron chi connectivity index (χ2n) is 9.20. The molecule has 1 unspecified atom stereocenters. The largest absolute Gasteiger partial charge is 0.476 e. The Balaban J connectivity index is 1.58. The van der Waals surface area contributed by atoms with Gasteiger partial charge in [0.2, 0.25) is 0 Å². The fraction of sp³-hybridized carbons (Fsp3) is 0.417. The zero-order valence-electron chi connectivity index (χ0n) is 19.2. The molecule has 2 saturated heterocycles. The Labute approximate surface area is 201 Å². The van der Waals surface area contributed by atoms with Crippen molar-refractivity contribution in [2.75, 3.05) is 36.5 Å². The number of nitrogens with zero attached hydrogens (tertiary/aromatic N) is 4. The van der Waals surface area contributed by atoms with Gasteiger partial charge in [0.1, 0.15) is 16.6 Å². The first-order valence-corrected chi connectivity index (χ1v) is 11.6. The van der Waals surface area contributed by atoms with E-state index in [-0.39, 0.29) is 22.4 Å². The zero-order valence-corrected chi connectivity index (χ0v) is 20.0. The van der Waals surface area contributed by atoms with Crippen LogP contribution in [0.2, 0.25) is 5.15 Å². The molecule has 0 saturated carbocycles. The van der Waals surface area contributed by atoms with Crippen LogP contribution in [-0.2, 0) is 4.74 Å². The lowest BCUT2D eigenvalue weighted by Gasteiger charge is -2.23. The molecule has 2 aliphatic rings. The Morgan fingerprint density at radius 2 is 1.94 bits per heavy atom. The third kappa shape index (κ3) is 3.88. The van der Waals surface area contributed by atoms with Gasteiger partial charge in [0.05, 0.1) is 30.5 Å². The molecule has 0 radical (unpaired) electrons. The molecule has 0 bridgehead atoms. The lowest BCUT2D eigenvalue weighted by Crippen LogP contribution is -2.29. The predicted molar refractivity (Wildman–Crippen MR) is 129 cm³/mol. The maximum atomic E-state index is 13.4. The molecule has 178 valence electrons. The van der Waals surface area contributed by atoms with Gasteiger partial charge in [-0.3, -0.25) is 9.20 Å². The fourth-order valence-electron chi connectivity index (χ4n) is 5.00. The van der Waals surface area contributed by atoms with Crippen LogP contribution in [0.25, 0.3) is 5.65 Å². The standard InChI is InChI=1S/C24H26ClN5O4/c1-12-6-17(14(3)26-18-4-5-19(25)27-20(18)24(32)33)22-28-21(13(2)23(31)30(22)7-12)29-8-15-10-34-11-16(15)9-29/h4-7,14-16,26H,8-11H2,1-3H3,(H,32,33)/t14-,15+,16?/m1/s1. The maximum Gasteiger partial charge on any atom is 0.356 e. The lowest BCUT2D eigenvalue weighted by molar-refractivity contribution is 0.0691. The summed E-state index contributed by atoms with van der Waals surface area (Å²) in [7, 11) is 0. The molecule has 3 aromatic rings. The molecule has 0 amide bonds. The fourth-order valence-corrected chi connectivity index (χ4v) is 5.14. The number of aromatic nitrogens is 3. The second kappa shape index (κ2) is 8.56. The van der Waals surface area contributed by atoms with E-state index in [2.05, 4.69) is 15.2 Å². The first-order chi connectivity index (χ1) is 16.2. The highest BCUT2D eigenvalue weighted by molar-refractivity contribution is 6.29. The average Bonchev–Trinajstić information content (AvgIpc) is 3.39. The molecular formula is C24H26ClN5O4. The molecule has 34 heavy (non-hydrogen) atoms. The molecule has 9 nitrogen and oxygen atoms in total. The molecule has 2 N–H and O–H groups in total. The number of aryl methyl sites for hydroxylation is 1. The van der Waals surface area contributed by atoms with Gasteiger partial charge in [0.15, 0.2) is 5.69 Å². The van der Waals surface area contributed by atoms with E-state index in [4.69, 9.17) is 21.3 Å². The van der Waals surface area contributed by atoms with Crippen molar-refractivity contribution < 1.29 is 14.6 Å². The number of hydrogen-bond acceptors (Lipinski definition) is 7. The van der Waals surface area contributed by atoms with Crippen LogP contribution in [0.1, 0.15) is 40.1 Å². The monoisotopic (exact) mass is 483 g/mol.